The van der Waals surface area contributed by atoms with Gasteiger partial charge in [0.1, 0.15) is 12.4 Å². The topological polar surface area (TPSA) is 42.0 Å². The van der Waals surface area contributed by atoms with Crippen LogP contribution >= 0.6 is 0 Å². The normalized spacial score (nSPS) is 21.5. The van der Waals surface area contributed by atoms with Crippen molar-refractivity contribution in [2.75, 3.05) is 46.5 Å². The van der Waals surface area contributed by atoms with Crippen LogP contribution in [0.2, 0.25) is 0 Å². The Kier molecular flexibility index (Phi) is 7.61. The van der Waals surface area contributed by atoms with Gasteiger partial charge in [-0.05, 0) is 50.8 Å². The van der Waals surface area contributed by atoms with Gasteiger partial charge in [-0.15, -0.1) is 0 Å². The summed E-state index contributed by atoms with van der Waals surface area (Å²) in [6.07, 6.45) is 4.31. The average molecular weight is 378 g/mol. The lowest BCUT2D eigenvalue weighted by Gasteiger charge is -2.35. The van der Waals surface area contributed by atoms with Gasteiger partial charge in [0.2, 0.25) is 5.91 Å². The van der Waals surface area contributed by atoms with Gasteiger partial charge in [-0.1, -0.05) is 18.2 Å². The van der Waals surface area contributed by atoms with Crippen molar-refractivity contribution in [3.63, 3.8) is 0 Å². The minimum atomic E-state index is -0.132. The molecule has 6 heteroatoms. The Morgan fingerprint density at radius 3 is 2.70 bits per heavy atom. The Hall–Kier alpha value is -1.50. The molecular formula is C21H31FN2O3. The number of carbonyl (C=O) groups is 1. The highest BCUT2D eigenvalue weighted by atomic mass is 19.1. The highest BCUT2D eigenvalue weighted by molar-refractivity contribution is 5.77. The lowest BCUT2D eigenvalue weighted by Crippen LogP contribution is -2.44. The first-order chi connectivity index (χ1) is 13.2. The molecule has 3 rings (SSSR count). The Labute approximate surface area is 161 Å². The zero-order valence-corrected chi connectivity index (χ0v) is 16.2. The molecule has 0 bridgehead atoms. The molecule has 5 nitrogen and oxygen atoms in total. The van der Waals surface area contributed by atoms with E-state index in [4.69, 9.17) is 9.47 Å². The number of ether oxygens (including phenoxy) is 2. The summed E-state index contributed by atoms with van der Waals surface area (Å²) in [7, 11) is 1.56. The highest BCUT2D eigenvalue weighted by Crippen LogP contribution is 2.22. The molecule has 0 saturated carbocycles. The molecule has 2 aliphatic rings. The fraction of sp³-hybridized carbons (Fsp3) is 0.667. The van der Waals surface area contributed by atoms with Gasteiger partial charge >= 0.3 is 0 Å². The van der Waals surface area contributed by atoms with Crippen molar-refractivity contribution in [1.29, 1.82) is 0 Å². The molecule has 1 atom stereocenters. The van der Waals surface area contributed by atoms with E-state index >= 15 is 0 Å². The van der Waals surface area contributed by atoms with Crippen LogP contribution in [-0.4, -0.2) is 68.3 Å². The third-order valence-corrected chi connectivity index (χ3v) is 5.61. The summed E-state index contributed by atoms with van der Waals surface area (Å²) in [4.78, 5) is 16.7. The number of likely N-dealkylation sites (tertiary alicyclic amines) is 1. The van der Waals surface area contributed by atoms with Crippen molar-refractivity contribution in [3.05, 3.63) is 35.6 Å². The van der Waals surface area contributed by atoms with Gasteiger partial charge in [0, 0.05) is 38.9 Å². The molecule has 0 unspecified atom stereocenters. The Morgan fingerprint density at radius 2 is 2.04 bits per heavy atom. The summed E-state index contributed by atoms with van der Waals surface area (Å²) in [5.41, 5.74) is 0.756. The van der Waals surface area contributed by atoms with Gasteiger partial charge in [0.25, 0.3) is 0 Å². The number of methoxy groups -OCH3 is 1. The largest absolute Gasteiger partial charge is 0.376 e. The number of benzene rings is 1. The molecule has 0 aliphatic carbocycles. The van der Waals surface area contributed by atoms with Gasteiger partial charge in [-0.3, -0.25) is 9.69 Å². The number of piperidine rings is 1. The molecule has 1 aromatic rings. The quantitative estimate of drug-likeness (QED) is 0.698. The molecule has 0 radical (unpaired) electrons. The van der Waals surface area contributed by atoms with E-state index in [0.29, 0.717) is 19.0 Å². The maximum Gasteiger partial charge on any atom is 0.248 e. The Balaban J connectivity index is 1.49. The second-order valence-electron chi connectivity index (χ2n) is 7.68. The Bertz CT molecular complexity index is 599. The lowest BCUT2D eigenvalue weighted by atomic mass is 9.95. The highest BCUT2D eigenvalue weighted by Gasteiger charge is 2.27. The van der Waals surface area contributed by atoms with Crippen molar-refractivity contribution in [2.24, 2.45) is 5.92 Å². The van der Waals surface area contributed by atoms with E-state index in [-0.39, 0.29) is 24.4 Å². The van der Waals surface area contributed by atoms with Crippen molar-refractivity contribution in [1.82, 2.24) is 9.80 Å². The van der Waals surface area contributed by atoms with E-state index < -0.39 is 0 Å². The van der Waals surface area contributed by atoms with Crippen LogP contribution in [0.1, 0.15) is 31.2 Å². The molecule has 1 aromatic carbocycles. The van der Waals surface area contributed by atoms with E-state index in [1.165, 1.54) is 6.07 Å². The number of hydrogen-bond acceptors (Lipinski definition) is 4. The van der Waals surface area contributed by atoms with Gasteiger partial charge < -0.3 is 14.4 Å². The summed E-state index contributed by atoms with van der Waals surface area (Å²) in [5, 5.41) is 0. The van der Waals surface area contributed by atoms with Crippen molar-refractivity contribution >= 4 is 5.91 Å². The summed E-state index contributed by atoms with van der Waals surface area (Å²) in [6, 6.07) is 6.99. The third-order valence-electron chi connectivity index (χ3n) is 5.61. The minimum absolute atomic E-state index is 0.0433. The van der Waals surface area contributed by atoms with Gasteiger partial charge in [-0.2, -0.15) is 0 Å². The monoisotopic (exact) mass is 378 g/mol. The van der Waals surface area contributed by atoms with E-state index in [0.717, 1.165) is 57.5 Å². The standard InChI is InChI=1S/C21H31FN2O3/c1-26-16-21(25)24(15-19-6-4-12-27-19)13-17-8-10-23(11-9-17)14-18-5-2-3-7-20(18)22/h2-3,5,7,17,19H,4,6,8-16H2,1H3/t19-/m1/s1. The van der Waals surface area contributed by atoms with Crippen LogP contribution < -0.4 is 0 Å². The van der Waals surface area contributed by atoms with Crippen LogP contribution in [-0.2, 0) is 20.8 Å². The predicted octanol–water partition coefficient (Wildman–Crippen LogP) is 2.69. The number of hydrogen-bond donors (Lipinski definition) is 0. The maximum absolute atomic E-state index is 13.9. The number of carbonyl (C=O) groups excluding carboxylic acids is 1. The lowest BCUT2D eigenvalue weighted by molar-refractivity contribution is -0.137. The fourth-order valence-corrected chi connectivity index (χ4v) is 4.03. The smallest absolute Gasteiger partial charge is 0.248 e. The van der Waals surface area contributed by atoms with Crippen LogP contribution in [0.5, 0.6) is 0 Å². The second-order valence-corrected chi connectivity index (χ2v) is 7.68. The summed E-state index contributed by atoms with van der Waals surface area (Å²) in [5.74, 6) is 0.387. The first-order valence-electron chi connectivity index (χ1n) is 9.99. The summed E-state index contributed by atoms with van der Waals surface area (Å²) >= 11 is 0. The first kappa shape index (κ1) is 20.2. The number of amides is 1. The van der Waals surface area contributed by atoms with Crippen molar-refractivity contribution in [2.45, 2.75) is 38.3 Å². The number of rotatable bonds is 8. The number of halogens is 1. The van der Waals surface area contributed by atoms with Crippen LogP contribution in [0.15, 0.2) is 24.3 Å². The second kappa shape index (κ2) is 10.2. The SMILES string of the molecule is COCC(=O)N(CC1CCN(Cc2ccccc2F)CC1)C[C@H]1CCCO1. The van der Waals surface area contributed by atoms with E-state index in [1.54, 1.807) is 13.2 Å². The molecule has 2 heterocycles. The molecule has 0 N–H and O–H groups in total. The minimum Gasteiger partial charge on any atom is -0.376 e. The Morgan fingerprint density at radius 1 is 1.26 bits per heavy atom. The van der Waals surface area contributed by atoms with Crippen LogP contribution in [0, 0.1) is 11.7 Å². The number of nitrogens with zero attached hydrogens (tertiary/aromatic N) is 2. The summed E-state index contributed by atoms with van der Waals surface area (Å²) in [6.45, 7) is 4.87. The first-order valence-corrected chi connectivity index (χ1v) is 9.99. The molecule has 2 aliphatic heterocycles. The average Bonchev–Trinajstić information content (AvgIpc) is 3.18. The molecule has 150 valence electrons. The van der Waals surface area contributed by atoms with Gasteiger partial charge in [-0.25, -0.2) is 4.39 Å². The fourth-order valence-electron chi connectivity index (χ4n) is 4.03. The van der Waals surface area contributed by atoms with E-state index in [1.807, 2.05) is 17.0 Å². The van der Waals surface area contributed by atoms with Crippen molar-refractivity contribution < 1.29 is 18.7 Å². The summed E-state index contributed by atoms with van der Waals surface area (Å²) < 4.78 is 24.6. The third kappa shape index (κ3) is 5.99. The molecule has 0 spiro atoms. The molecule has 27 heavy (non-hydrogen) atoms. The molecule has 2 saturated heterocycles. The molecule has 2 fully saturated rings. The molecular weight excluding hydrogens is 347 g/mol. The van der Waals surface area contributed by atoms with E-state index in [9.17, 15) is 9.18 Å². The zero-order valence-electron chi connectivity index (χ0n) is 16.2. The zero-order chi connectivity index (χ0) is 19.1. The molecule has 0 aromatic heterocycles. The molecule has 1 amide bonds. The van der Waals surface area contributed by atoms with Crippen LogP contribution in [0.4, 0.5) is 4.39 Å². The van der Waals surface area contributed by atoms with E-state index in [2.05, 4.69) is 4.90 Å². The van der Waals surface area contributed by atoms with Gasteiger partial charge in [0.05, 0.1) is 6.10 Å². The van der Waals surface area contributed by atoms with Crippen molar-refractivity contribution in [3.8, 4) is 0 Å². The maximum atomic E-state index is 13.9. The van der Waals surface area contributed by atoms with Gasteiger partial charge in [0.15, 0.2) is 0 Å². The van der Waals surface area contributed by atoms with Crippen LogP contribution in [0.25, 0.3) is 0 Å². The van der Waals surface area contributed by atoms with Crippen LogP contribution in [0.3, 0.4) is 0 Å². The predicted molar refractivity (Wildman–Crippen MR) is 102 cm³/mol.